The van der Waals surface area contributed by atoms with Crippen molar-refractivity contribution < 1.29 is 48.5 Å². The Bertz CT molecular complexity index is 840. The highest BCUT2D eigenvalue weighted by Crippen LogP contribution is 2.46. The van der Waals surface area contributed by atoms with Crippen LogP contribution in [-0.4, -0.2) is 109 Å². The van der Waals surface area contributed by atoms with Crippen molar-refractivity contribution in [2.75, 3.05) is 13.2 Å². The first kappa shape index (κ1) is 30.7. The molecule has 10 atom stereocenters. The number of hydrogen-bond acceptors (Lipinski definition) is 11. The van der Waals surface area contributed by atoms with Gasteiger partial charge in [-0.3, -0.25) is 0 Å². The summed E-state index contributed by atoms with van der Waals surface area (Å²) in [5.41, 5.74) is 9.23. The van der Waals surface area contributed by atoms with E-state index in [2.05, 4.69) is 37.7 Å². The van der Waals surface area contributed by atoms with Gasteiger partial charge in [0.25, 0.3) is 0 Å². The quantitative estimate of drug-likeness (QED) is 0.142. The predicted molar refractivity (Wildman–Crippen MR) is 133 cm³/mol. The lowest BCUT2D eigenvalue weighted by molar-refractivity contribution is -0.333. The van der Waals surface area contributed by atoms with E-state index >= 15 is 0 Å². The van der Waals surface area contributed by atoms with E-state index in [0.717, 1.165) is 0 Å². The van der Waals surface area contributed by atoms with Gasteiger partial charge in [-0.25, -0.2) is 0 Å². The van der Waals surface area contributed by atoms with E-state index in [4.69, 9.17) is 28.1 Å². The molecule has 0 aromatic carbocycles. The third-order valence-electron chi connectivity index (χ3n) is 8.34. The van der Waals surface area contributed by atoms with Gasteiger partial charge >= 0.3 is 0 Å². The molecule has 3 aliphatic heterocycles. The number of ether oxygens (including phenoxy) is 5. The average Bonchev–Trinajstić information content (AvgIpc) is 3.14. The van der Waals surface area contributed by atoms with Crippen molar-refractivity contribution in [3.05, 3.63) is 10.4 Å². The lowest BCUT2D eigenvalue weighted by Crippen LogP contribution is -2.65. The van der Waals surface area contributed by atoms with E-state index in [9.17, 15) is 26.0 Å². The molecule has 0 aliphatic carbocycles. The van der Waals surface area contributed by atoms with Crippen LogP contribution in [0, 0.1) is 5.92 Å². The molecule has 3 heterocycles. The zero-order chi connectivity index (χ0) is 27.9. The smallest absolute Gasteiger partial charge is 0.196 e. The summed E-state index contributed by atoms with van der Waals surface area (Å²) in [5.74, 6) is -0.730. The number of azide groups is 1. The summed E-state index contributed by atoms with van der Waals surface area (Å²) in [6.45, 7) is 14.8. The normalized spacial score (nSPS) is 40.4. The summed E-state index contributed by atoms with van der Waals surface area (Å²) in [5, 5.41) is 45.7. The van der Waals surface area contributed by atoms with Crippen molar-refractivity contribution in [3.8, 4) is 0 Å². The molecule has 3 rings (SSSR count). The molecule has 3 fully saturated rings. The Morgan fingerprint density at radius 3 is 2.11 bits per heavy atom. The summed E-state index contributed by atoms with van der Waals surface area (Å²) in [6.07, 6.45) is -10.1. The molecule has 37 heavy (non-hydrogen) atoms. The fourth-order valence-corrected chi connectivity index (χ4v) is 7.38. The van der Waals surface area contributed by atoms with Crippen LogP contribution >= 0.6 is 0 Å². The average molecular weight is 550 g/mol. The highest BCUT2D eigenvalue weighted by molar-refractivity contribution is 6.74. The van der Waals surface area contributed by atoms with E-state index in [1.165, 1.54) is 0 Å². The van der Waals surface area contributed by atoms with Gasteiger partial charge in [0.15, 0.2) is 26.7 Å². The lowest BCUT2D eigenvalue weighted by Gasteiger charge is -2.49. The summed E-state index contributed by atoms with van der Waals surface area (Å²) in [6, 6.07) is -1.19. The van der Waals surface area contributed by atoms with Crippen molar-refractivity contribution >= 4 is 8.32 Å². The molecule has 0 unspecified atom stereocenters. The van der Waals surface area contributed by atoms with Gasteiger partial charge < -0.3 is 48.5 Å². The summed E-state index contributed by atoms with van der Waals surface area (Å²) in [4.78, 5) is 2.87. The summed E-state index contributed by atoms with van der Waals surface area (Å²) in [7, 11) is -2.51. The Kier molecular flexibility index (Phi) is 9.38. The molecule has 0 radical (unpaired) electrons. The standard InChI is InChI=1S/C23H43N3O10Si/c1-11(2)22(3,4)37(7,8)36-20-14(25-26-24)15(29)17(12(9-27)31-20)33-21-16(30)19-18(13(10-28)32-21)34-23(5,6)35-19/h11-21,27-30H,9-10H2,1-8H3/t12-,13-,14-,15-,16-,17-,18+,19-,20+,21+/m1/s1. The Labute approximate surface area is 218 Å². The zero-order valence-electron chi connectivity index (χ0n) is 22.8. The van der Waals surface area contributed by atoms with Gasteiger partial charge in [0.2, 0.25) is 0 Å². The Balaban J connectivity index is 1.83. The molecule has 13 nitrogen and oxygen atoms in total. The van der Waals surface area contributed by atoms with Gasteiger partial charge in [-0.1, -0.05) is 32.8 Å². The molecule has 0 bridgehead atoms. The van der Waals surface area contributed by atoms with Crippen LogP contribution in [0.25, 0.3) is 10.4 Å². The highest BCUT2D eigenvalue weighted by Gasteiger charge is 2.57. The van der Waals surface area contributed by atoms with Gasteiger partial charge in [-0.2, -0.15) is 0 Å². The minimum Gasteiger partial charge on any atom is -0.394 e. The van der Waals surface area contributed by atoms with Crippen LogP contribution in [0.1, 0.15) is 41.5 Å². The number of fused-ring (bicyclic) bond motifs is 1. The topological polar surface area (TPSA) is 185 Å². The number of aliphatic hydroxyl groups excluding tert-OH is 4. The molecule has 0 spiro atoms. The van der Waals surface area contributed by atoms with Crippen molar-refractivity contribution in [2.45, 2.75) is 127 Å². The molecule has 0 amide bonds. The molecule has 0 saturated carbocycles. The maximum Gasteiger partial charge on any atom is 0.196 e. The van der Waals surface area contributed by atoms with Crippen molar-refractivity contribution in [3.63, 3.8) is 0 Å². The van der Waals surface area contributed by atoms with E-state index < -0.39 is 88.7 Å². The second kappa shape index (κ2) is 11.3. The first-order valence-electron chi connectivity index (χ1n) is 12.7. The maximum absolute atomic E-state index is 11.3. The lowest BCUT2D eigenvalue weighted by atomic mass is 9.96. The van der Waals surface area contributed by atoms with E-state index in [0.29, 0.717) is 0 Å². The van der Waals surface area contributed by atoms with Crippen molar-refractivity contribution in [2.24, 2.45) is 11.0 Å². The number of nitrogens with zero attached hydrogens (tertiary/aromatic N) is 3. The third kappa shape index (κ3) is 6.00. The Hall–Kier alpha value is -0.873. The van der Waals surface area contributed by atoms with Crippen molar-refractivity contribution in [1.29, 1.82) is 0 Å². The van der Waals surface area contributed by atoms with Crippen molar-refractivity contribution in [1.82, 2.24) is 0 Å². The van der Waals surface area contributed by atoms with E-state index in [1.807, 2.05) is 13.1 Å². The van der Waals surface area contributed by atoms with Gasteiger partial charge in [-0.15, -0.1) is 0 Å². The van der Waals surface area contributed by atoms with E-state index in [-0.39, 0.29) is 11.0 Å². The maximum atomic E-state index is 11.3. The summed E-state index contributed by atoms with van der Waals surface area (Å²) < 4.78 is 35.7. The largest absolute Gasteiger partial charge is 0.394 e. The van der Waals surface area contributed by atoms with Gasteiger partial charge in [-0.05, 0) is 43.4 Å². The first-order chi connectivity index (χ1) is 17.1. The Morgan fingerprint density at radius 2 is 1.57 bits per heavy atom. The predicted octanol–water partition coefficient (Wildman–Crippen LogP) is 1.38. The molecular formula is C23H43N3O10Si. The van der Waals surface area contributed by atoms with Crippen LogP contribution in [0.2, 0.25) is 18.1 Å². The van der Waals surface area contributed by atoms with Crippen LogP contribution in [0.3, 0.4) is 0 Å². The first-order valence-corrected chi connectivity index (χ1v) is 15.6. The molecule has 4 N–H and O–H groups in total. The number of aliphatic hydroxyl groups is 4. The van der Waals surface area contributed by atoms with Gasteiger partial charge in [0.05, 0.1) is 19.3 Å². The second-order valence-electron chi connectivity index (χ2n) is 11.8. The SMILES string of the molecule is CC(C)C(C)(C)[Si](C)(C)O[C@@H]1O[C@H](CO)[C@@H](O[C@@H]2O[C@H](CO)[C@@H]3OC(C)(C)O[C@@H]3[C@H]2O)[C@H](O)[C@H]1N=[N+]=[N-]. The molecular weight excluding hydrogens is 506 g/mol. The number of rotatable bonds is 9. The van der Waals surface area contributed by atoms with E-state index in [1.54, 1.807) is 13.8 Å². The van der Waals surface area contributed by atoms with Crippen LogP contribution < -0.4 is 0 Å². The monoisotopic (exact) mass is 549 g/mol. The van der Waals surface area contributed by atoms with Crippen LogP contribution in [0.5, 0.6) is 0 Å². The minimum atomic E-state index is -2.51. The summed E-state index contributed by atoms with van der Waals surface area (Å²) >= 11 is 0. The van der Waals surface area contributed by atoms with Gasteiger partial charge in [0.1, 0.15) is 42.7 Å². The minimum absolute atomic E-state index is 0.197. The van der Waals surface area contributed by atoms with Crippen LogP contribution in [0.4, 0.5) is 0 Å². The van der Waals surface area contributed by atoms with Crippen LogP contribution in [-0.2, 0) is 28.1 Å². The van der Waals surface area contributed by atoms with Crippen LogP contribution in [0.15, 0.2) is 5.11 Å². The molecule has 0 aromatic heterocycles. The molecule has 3 aliphatic rings. The highest BCUT2D eigenvalue weighted by atomic mass is 28.4. The fourth-order valence-electron chi connectivity index (χ4n) is 4.91. The zero-order valence-corrected chi connectivity index (χ0v) is 23.8. The second-order valence-corrected chi connectivity index (χ2v) is 16.3. The number of hydrogen-bond donors (Lipinski definition) is 4. The fraction of sp³-hybridized carbons (Fsp3) is 1.00. The molecule has 14 heteroatoms. The Morgan fingerprint density at radius 1 is 1.00 bits per heavy atom. The molecule has 0 aromatic rings. The molecule has 3 saturated heterocycles. The molecule has 214 valence electrons. The van der Waals surface area contributed by atoms with Gasteiger partial charge in [0, 0.05) is 4.91 Å². The third-order valence-corrected chi connectivity index (χ3v) is 12.8.